The molecular formula is C13H14Cl2N2O4. The quantitative estimate of drug-likeness (QED) is 0.696. The second kappa shape index (κ2) is 8.49. The molecule has 3 N–H and O–H groups in total. The highest BCUT2D eigenvalue weighted by molar-refractivity contribution is 6.36. The number of hydrogen-bond acceptors (Lipinski definition) is 3. The fourth-order valence-corrected chi connectivity index (χ4v) is 1.95. The van der Waals surface area contributed by atoms with Crippen molar-refractivity contribution in [3.8, 4) is 0 Å². The Morgan fingerprint density at radius 1 is 1.10 bits per heavy atom. The summed E-state index contributed by atoms with van der Waals surface area (Å²) < 4.78 is 0. The number of rotatable bonds is 6. The topological polar surface area (TPSA) is 95.5 Å². The standard InChI is InChI=1S/C13H14Cl2N2O4/c14-8-5-6-10(9(15)7-8)16-13(21)17-11(18)3-1-2-4-12(19)20/h5-7H,1-4H2,(H,19,20)(H2,16,17,18,21). The van der Waals surface area contributed by atoms with Crippen LogP contribution in [0, 0.1) is 0 Å². The Morgan fingerprint density at radius 3 is 2.38 bits per heavy atom. The van der Waals surface area contributed by atoms with Gasteiger partial charge in [0.25, 0.3) is 0 Å². The number of anilines is 1. The zero-order chi connectivity index (χ0) is 15.8. The predicted octanol–water partition coefficient (Wildman–Crippen LogP) is 3.29. The van der Waals surface area contributed by atoms with Gasteiger partial charge in [-0.25, -0.2) is 4.79 Å². The first-order chi connectivity index (χ1) is 9.88. The summed E-state index contributed by atoms with van der Waals surface area (Å²) in [7, 11) is 0. The van der Waals surface area contributed by atoms with Gasteiger partial charge in [-0.05, 0) is 31.0 Å². The van der Waals surface area contributed by atoms with Crippen LogP contribution >= 0.6 is 23.2 Å². The first kappa shape index (κ1) is 17.3. The number of halogens is 2. The summed E-state index contributed by atoms with van der Waals surface area (Å²) in [6.07, 6.45) is 0.857. The summed E-state index contributed by atoms with van der Waals surface area (Å²) in [4.78, 5) is 33.3. The van der Waals surface area contributed by atoms with Gasteiger partial charge in [0.2, 0.25) is 5.91 Å². The second-order valence-corrected chi connectivity index (χ2v) is 5.07. The van der Waals surface area contributed by atoms with Crippen molar-refractivity contribution in [1.29, 1.82) is 0 Å². The molecule has 0 saturated carbocycles. The number of urea groups is 1. The monoisotopic (exact) mass is 332 g/mol. The Kier molecular flexibility index (Phi) is 6.98. The number of carbonyl (C=O) groups excluding carboxylic acids is 2. The zero-order valence-corrected chi connectivity index (χ0v) is 12.5. The summed E-state index contributed by atoms with van der Waals surface area (Å²) in [5, 5.41) is 13.7. The molecule has 0 saturated heterocycles. The minimum absolute atomic E-state index is 0.000140. The molecule has 0 unspecified atom stereocenters. The molecule has 1 aromatic rings. The van der Waals surface area contributed by atoms with Gasteiger partial charge in [0.05, 0.1) is 10.7 Å². The summed E-state index contributed by atoms with van der Waals surface area (Å²) in [5.74, 6) is -1.39. The van der Waals surface area contributed by atoms with E-state index in [4.69, 9.17) is 28.3 Å². The van der Waals surface area contributed by atoms with E-state index in [1.165, 1.54) is 12.1 Å². The Morgan fingerprint density at radius 2 is 1.76 bits per heavy atom. The average molecular weight is 333 g/mol. The highest BCUT2D eigenvalue weighted by atomic mass is 35.5. The molecule has 0 fully saturated rings. The van der Waals surface area contributed by atoms with Gasteiger partial charge in [-0.2, -0.15) is 0 Å². The second-order valence-electron chi connectivity index (χ2n) is 4.23. The number of imide groups is 1. The molecule has 0 bridgehead atoms. The highest BCUT2D eigenvalue weighted by Gasteiger charge is 2.10. The predicted molar refractivity (Wildman–Crippen MR) is 79.7 cm³/mol. The van der Waals surface area contributed by atoms with E-state index in [2.05, 4.69) is 10.6 Å². The van der Waals surface area contributed by atoms with Gasteiger partial charge in [0, 0.05) is 17.9 Å². The Hall–Kier alpha value is -1.79. The molecule has 0 atom stereocenters. The molecule has 3 amide bonds. The van der Waals surface area contributed by atoms with Gasteiger partial charge in [-0.1, -0.05) is 23.2 Å². The number of amides is 3. The van der Waals surface area contributed by atoms with Crippen molar-refractivity contribution in [3.05, 3.63) is 28.2 Å². The smallest absolute Gasteiger partial charge is 0.325 e. The molecule has 0 aliphatic heterocycles. The number of unbranched alkanes of at least 4 members (excludes halogenated alkanes) is 1. The third-order valence-electron chi connectivity index (χ3n) is 2.48. The Bertz CT molecular complexity index is 549. The van der Waals surface area contributed by atoms with Crippen LogP contribution in [0.15, 0.2) is 18.2 Å². The minimum atomic E-state index is -0.912. The number of nitrogens with one attached hydrogen (secondary N) is 2. The van der Waals surface area contributed by atoms with Crippen LogP contribution < -0.4 is 10.6 Å². The number of carboxylic acids is 1. The number of carboxylic acid groups (broad SMARTS) is 1. The lowest BCUT2D eigenvalue weighted by Crippen LogP contribution is -2.34. The van der Waals surface area contributed by atoms with Gasteiger partial charge in [0.1, 0.15) is 0 Å². The molecule has 0 aliphatic rings. The molecule has 0 spiro atoms. The van der Waals surface area contributed by atoms with Crippen molar-refractivity contribution in [3.63, 3.8) is 0 Å². The van der Waals surface area contributed by atoms with E-state index in [9.17, 15) is 14.4 Å². The maximum Gasteiger partial charge on any atom is 0.325 e. The van der Waals surface area contributed by atoms with Crippen molar-refractivity contribution in [2.24, 2.45) is 0 Å². The SMILES string of the molecule is O=C(O)CCCCC(=O)NC(=O)Nc1ccc(Cl)cc1Cl. The fraction of sp³-hybridized carbons (Fsp3) is 0.308. The number of benzene rings is 1. The highest BCUT2D eigenvalue weighted by Crippen LogP contribution is 2.25. The number of aliphatic carboxylic acids is 1. The lowest BCUT2D eigenvalue weighted by Gasteiger charge is -2.08. The van der Waals surface area contributed by atoms with E-state index in [1.54, 1.807) is 6.07 Å². The van der Waals surface area contributed by atoms with Gasteiger partial charge in [-0.3, -0.25) is 14.9 Å². The fourth-order valence-electron chi connectivity index (χ4n) is 1.50. The van der Waals surface area contributed by atoms with Crippen LogP contribution in [-0.4, -0.2) is 23.0 Å². The van der Waals surface area contributed by atoms with E-state index < -0.39 is 17.9 Å². The summed E-state index contributed by atoms with van der Waals surface area (Å²) >= 11 is 11.6. The first-order valence-corrected chi connectivity index (χ1v) is 6.92. The largest absolute Gasteiger partial charge is 0.481 e. The Labute approximate surface area is 131 Å². The van der Waals surface area contributed by atoms with Gasteiger partial charge >= 0.3 is 12.0 Å². The van der Waals surface area contributed by atoms with Crippen LogP contribution in [0.3, 0.4) is 0 Å². The average Bonchev–Trinajstić information content (AvgIpc) is 2.38. The van der Waals surface area contributed by atoms with E-state index in [0.29, 0.717) is 23.6 Å². The van der Waals surface area contributed by atoms with Crippen LogP contribution in [0.2, 0.25) is 10.0 Å². The van der Waals surface area contributed by atoms with Crippen LogP contribution in [0.5, 0.6) is 0 Å². The maximum absolute atomic E-state index is 11.6. The molecule has 0 aliphatic carbocycles. The lowest BCUT2D eigenvalue weighted by atomic mass is 10.2. The number of carbonyl (C=O) groups is 3. The number of hydrogen-bond donors (Lipinski definition) is 3. The molecule has 0 heterocycles. The maximum atomic E-state index is 11.6. The molecule has 1 rings (SSSR count). The zero-order valence-electron chi connectivity index (χ0n) is 11.0. The van der Waals surface area contributed by atoms with Gasteiger partial charge < -0.3 is 10.4 Å². The van der Waals surface area contributed by atoms with E-state index >= 15 is 0 Å². The van der Waals surface area contributed by atoms with Crippen LogP contribution in [0.1, 0.15) is 25.7 Å². The van der Waals surface area contributed by atoms with Crippen LogP contribution in [0.4, 0.5) is 10.5 Å². The third kappa shape index (κ3) is 6.97. The molecule has 0 radical (unpaired) electrons. The van der Waals surface area contributed by atoms with Crippen molar-refractivity contribution in [2.45, 2.75) is 25.7 Å². The van der Waals surface area contributed by atoms with Crippen molar-refractivity contribution in [1.82, 2.24) is 5.32 Å². The molecule has 8 heteroatoms. The Balaban J connectivity index is 2.36. The molecule has 114 valence electrons. The van der Waals surface area contributed by atoms with Crippen LogP contribution in [0.25, 0.3) is 0 Å². The normalized spacial score (nSPS) is 10.0. The first-order valence-electron chi connectivity index (χ1n) is 6.16. The van der Waals surface area contributed by atoms with Crippen molar-refractivity contribution < 1.29 is 19.5 Å². The summed E-state index contributed by atoms with van der Waals surface area (Å²) in [6, 6.07) is 3.83. The van der Waals surface area contributed by atoms with Gasteiger partial charge in [0.15, 0.2) is 0 Å². The molecule has 1 aromatic carbocycles. The lowest BCUT2D eigenvalue weighted by molar-refractivity contribution is -0.137. The molecule has 6 nitrogen and oxygen atoms in total. The van der Waals surface area contributed by atoms with E-state index in [0.717, 1.165) is 0 Å². The van der Waals surface area contributed by atoms with Crippen molar-refractivity contribution in [2.75, 3.05) is 5.32 Å². The van der Waals surface area contributed by atoms with Crippen LogP contribution in [-0.2, 0) is 9.59 Å². The van der Waals surface area contributed by atoms with E-state index in [-0.39, 0.29) is 17.9 Å². The van der Waals surface area contributed by atoms with E-state index in [1.807, 2.05) is 0 Å². The summed E-state index contributed by atoms with van der Waals surface area (Å²) in [5.41, 5.74) is 0.331. The molecule has 21 heavy (non-hydrogen) atoms. The minimum Gasteiger partial charge on any atom is -0.481 e. The molecule has 0 aromatic heterocycles. The molecular weight excluding hydrogens is 319 g/mol. The third-order valence-corrected chi connectivity index (χ3v) is 3.02. The summed E-state index contributed by atoms with van der Waals surface area (Å²) in [6.45, 7) is 0. The van der Waals surface area contributed by atoms with Crippen molar-refractivity contribution >= 4 is 46.8 Å². The van der Waals surface area contributed by atoms with Gasteiger partial charge in [-0.15, -0.1) is 0 Å².